The quantitative estimate of drug-likeness (QED) is 0.232. The molecule has 0 heterocycles. The summed E-state index contributed by atoms with van der Waals surface area (Å²) >= 11 is 0. The molecule has 38 heavy (non-hydrogen) atoms. The molecule has 0 aliphatic carbocycles. The summed E-state index contributed by atoms with van der Waals surface area (Å²) < 4.78 is 5.87. The van der Waals surface area contributed by atoms with E-state index in [1.54, 1.807) is 12.1 Å². The number of carbonyl (C=O) groups is 2. The Hall–Kier alpha value is -3.64. The van der Waals surface area contributed by atoms with Crippen molar-refractivity contribution in [3.05, 3.63) is 89.5 Å². The van der Waals surface area contributed by atoms with Gasteiger partial charge in [-0.05, 0) is 64.8 Å². The number of nitrogens with one attached hydrogen (secondary N) is 2. The third-order valence-electron chi connectivity index (χ3n) is 6.33. The van der Waals surface area contributed by atoms with Gasteiger partial charge in [0, 0.05) is 24.4 Å². The van der Waals surface area contributed by atoms with Crippen LogP contribution in [0.5, 0.6) is 0 Å². The highest BCUT2D eigenvalue weighted by Crippen LogP contribution is 2.26. The number of anilines is 1. The summed E-state index contributed by atoms with van der Waals surface area (Å²) in [5.74, 6) is -1.22. The van der Waals surface area contributed by atoms with Gasteiger partial charge in [0.05, 0.1) is 19.1 Å². The van der Waals surface area contributed by atoms with Gasteiger partial charge in [-0.25, -0.2) is 0 Å². The van der Waals surface area contributed by atoms with Crippen molar-refractivity contribution in [2.45, 2.75) is 58.4 Å². The Bertz CT molecular complexity index is 1160. The highest BCUT2D eigenvalue weighted by atomic mass is 16.5. The number of benzene rings is 3. The first-order valence-electron chi connectivity index (χ1n) is 13.3. The van der Waals surface area contributed by atoms with E-state index in [1.807, 2.05) is 12.1 Å². The summed E-state index contributed by atoms with van der Waals surface area (Å²) in [6.45, 7) is 10.1. The monoisotopic (exact) mass is 516 g/mol. The molecule has 0 fully saturated rings. The normalized spacial score (nSPS) is 12.1. The van der Waals surface area contributed by atoms with Gasteiger partial charge in [0.25, 0.3) is 5.91 Å². The summed E-state index contributed by atoms with van der Waals surface area (Å²) in [7, 11) is 0. The molecule has 3 N–H and O–H groups in total. The second kappa shape index (κ2) is 13.8. The fourth-order valence-corrected chi connectivity index (χ4v) is 4.14. The molecular weight excluding hydrogens is 476 g/mol. The first-order valence-corrected chi connectivity index (χ1v) is 13.3. The number of aliphatic carboxylic acids is 1. The van der Waals surface area contributed by atoms with Crippen LogP contribution in [0.4, 0.5) is 5.69 Å². The number of ether oxygens (including phenoxy) is 1. The highest BCUT2D eigenvalue weighted by Gasteiger charge is 2.14. The van der Waals surface area contributed by atoms with E-state index in [0.717, 1.165) is 18.5 Å². The molecule has 0 spiro atoms. The molecule has 3 aromatic carbocycles. The van der Waals surface area contributed by atoms with Crippen molar-refractivity contribution in [2.24, 2.45) is 0 Å². The number of carbonyl (C=O) groups excluding carboxylic acids is 1. The lowest BCUT2D eigenvalue weighted by Crippen LogP contribution is -2.28. The van der Waals surface area contributed by atoms with Crippen LogP contribution in [0, 0.1) is 0 Å². The van der Waals surface area contributed by atoms with Gasteiger partial charge in [-0.2, -0.15) is 0 Å². The van der Waals surface area contributed by atoms with Gasteiger partial charge in [-0.1, -0.05) is 76.2 Å². The van der Waals surface area contributed by atoms with E-state index in [0.29, 0.717) is 18.8 Å². The maximum Gasteiger partial charge on any atom is 0.305 e. The maximum atomic E-state index is 12.2. The fraction of sp³-hybridized carbons (Fsp3) is 0.375. The second-order valence-corrected chi connectivity index (χ2v) is 10.6. The zero-order chi connectivity index (χ0) is 27.5. The molecule has 0 unspecified atom stereocenters. The number of carboxylic acids is 1. The smallest absolute Gasteiger partial charge is 0.305 e. The van der Waals surface area contributed by atoms with E-state index in [-0.39, 0.29) is 30.3 Å². The van der Waals surface area contributed by atoms with E-state index in [2.05, 4.69) is 86.9 Å². The molecule has 0 bridgehead atoms. The molecule has 3 aromatic rings. The molecule has 6 heteroatoms. The van der Waals surface area contributed by atoms with Crippen LogP contribution in [-0.2, 0) is 21.4 Å². The van der Waals surface area contributed by atoms with Crippen LogP contribution in [0.3, 0.4) is 0 Å². The van der Waals surface area contributed by atoms with Gasteiger partial charge >= 0.3 is 5.97 Å². The van der Waals surface area contributed by atoms with Gasteiger partial charge in [-0.15, -0.1) is 0 Å². The molecule has 202 valence electrons. The van der Waals surface area contributed by atoms with Crippen molar-refractivity contribution in [2.75, 3.05) is 25.1 Å². The van der Waals surface area contributed by atoms with Crippen molar-refractivity contribution in [1.29, 1.82) is 0 Å². The molecular formula is C32H40N2O4. The molecule has 6 nitrogen and oxygen atoms in total. The largest absolute Gasteiger partial charge is 0.481 e. The third-order valence-corrected chi connectivity index (χ3v) is 6.33. The van der Waals surface area contributed by atoms with Gasteiger partial charge in [0.1, 0.15) is 0 Å². The lowest BCUT2D eigenvalue weighted by molar-refractivity contribution is -0.136. The second-order valence-electron chi connectivity index (χ2n) is 10.6. The van der Waals surface area contributed by atoms with E-state index in [9.17, 15) is 9.59 Å². The molecule has 0 aliphatic rings. The summed E-state index contributed by atoms with van der Waals surface area (Å²) in [6.07, 6.45) is 1.65. The first kappa shape index (κ1) is 28.9. The Balaban J connectivity index is 1.64. The molecule has 0 aliphatic heterocycles. The number of amides is 1. The SMILES string of the molecule is CCCOC[C@H](Cc1ccc(-c2ccc(C(C)(C)C)cc2)cc1)Nc1ccc(C(=O)NCCC(=O)O)cc1. The molecule has 3 rings (SSSR count). The lowest BCUT2D eigenvalue weighted by Gasteiger charge is -2.21. The molecule has 0 saturated heterocycles. The van der Waals surface area contributed by atoms with Crippen LogP contribution < -0.4 is 10.6 Å². The summed E-state index contributed by atoms with van der Waals surface area (Å²) in [6, 6.07) is 24.7. The number of rotatable bonds is 13. The highest BCUT2D eigenvalue weighted by molar-refractivity contribution is 5.94. The van der Waals surface area contributed by atoms with Crippen LogP contribution in [0.25, 0.3) is 11.1 Å². The molecule has 1 atom stereocenters. The first-order chi connectivity index (χ1) is 18.2. The van der Waals surface area contributed by atoms with Crippen LogP contribution in [0.2, 0.25) is 0 Å². The van der Waals surface area contributed by atoms with Gasteiger partial charge < -0.3 is 20.5 Å². The van der Waals surface area contributed by atoms with E-state index in [4.69, 9.17) is 9.84 Å². The standard InChI is InChI=1S/C32H40N2O4/c1-5-20-38-22-29(34-28-16-12-26(13-17-28)31(37)33-19-18-30(35)36)21-23-6-8-24(9-7-23)25-10-14-27(15-11-25)32(2,3)4/h6-17,29,34H,5,18-22H2,1-4H3,(H,33,37)(H,35,36)/t29-/m0/s1. The topological polar surface area (TPSA) is 87.7 Å². The molecule has 0 aromatic heterocycles. The van der Waals surface area contributed by atoms with Crippen molar-refractivity contribution in [3.63, 3.8) is 0 Å². The number of carboxylic acid groups (broad SMARTS) is 1. The van der Waals surface area contributed by atoms with Gasteiger partial charge in [0.15, 0.2) is 0 Å². The van der Waals surface area contributed by atoms with Crippen LogP contribution >= 0.6 is 0 Å². The lowest BCUT2D eigenvalue weighted by atomic mass is 9.86. The predicted octanol–water partition coefficient (Wildman–Crippen LogP) is 6.31. The van der Waals surface area contributed by atoms with Crippen molar-refractivity contribution < 1.29 is 19.4 Å². The third kappa shape index (κ3) is 9.03. The number of hydrogen-bond acceptors (Lipinski definition) is 4. The molecule has 1 amide bonds. The Labute approximate surface area is 226 Å². The summed E-state index contributed by atoms with van der Waals surface area (Å²) in [5.41, 5.74) is 6.46. The van der Waals surface area contributed by atoms with Crippen LogP contribution in [0.15, 0.2) is 72.8 Å². The Kier molecular flexibility index (Phi) is 10.5. The van der Waals surface area contributed by atoms with Crippen molar-refractivity contribution in [3.8, 4) is 11.1 Å². The van der Waals surface area contributed by atoms with Gasteiger partial charge in [-0.3, -0.25) is 9.59 Å². The minimum atomic E-state index is -0.939. The van der Waals surface area contributed by atoms with E-state index < -0.39 is 5.97 Å². The Morgan fingerprint density at radius 1 is 0.895 bits per heavy atom. The minimum Gasteiger partial charge on any atom is -0.481 e. The summed E-state index contributed by atoms with van der Waals surface area (Å²) in [4.78, 5) is 22.9. The zero-order valence-electron chi connectivity index (χ0n) is 22.9. The zero-order valence-corrected chi connectivity index (χ0v) is 22.9. The Morgan fingerprint density at radius 2 is 1.50 bits per heavy atom. The Morgan fingerprint density at radius 3 is 2.05 bits per heavy atom. The average Bonchev–Trinajstić information content (AvgIpc) is 2.89. The summed E-state index contributed by atoms with van der Waals surface area (Å²) in [5, 5.41) is 14.9. The average molecular weight is 517 g/mol. The predicted molar refractivity (Wildman–Crippen MR) is 154 cm³/mol. The van der Waals surface area contributed by atoms with Crippen molar-refractivity contribution in [1.82, 2.24) is 5.32 Å². The van der Waals surface area contributed by atoms with E-state index >= 15 is 0 Å². The fourth-order valence-electron chi connectivity index (χ4n) is 4.14. The molecule has 0 saturated carbocycles. The maximum absolute atomic E-state index is 12.2. The number of hydrogen-bond donors (Lipinski definition) is 3. The minimum absolute atomic E-state index is 0.0636. The van der Waals surface area contributed by atoms with E-state index in [1.165, 1.54) is 22.3 Å². The molecule has 0 radical (unpaired) electrons. The van der Waals surface area contributed by atoms with Crippen LogP contribution in [0.1, 0.15) is 62.0 Å². The van der Waals surface area contributed by atoms with Crippen molar-refractivity contribution >= 4 is 17.6 Å². The van der Waals surface area contributed by atoms with Crippen LogP contribution in [-0.4, -0.2) is 42.8 Å². The van der Waals surface area contributed by atoms with Gasteiger partial charge in [0.2, 0.25) is 0 Å².